The van der Waals surface area contributed by atoms with Crippen molar-refractivity contribution in [3.8, 4) is 5.75 Å². The topological polar surface area (TPSA) is 52.3 Å². The molecule has 2 rings (SSSR count). The molecule has 1 aromatic carbocycles. The maximum atomic E-state index is 10.5. The summed E-state index contributed by atoms with van der Waals surface area (Å²) in [5.41, 5.74) is 1.94. The molecule has 1 heterocycles. The van der Waals surface area contributed by atoms with Gasteiger partial charge in [-0.3, -0.25) is 0 Å². The van der Waals surface area contributed by atoms with Crippen LogP contribution >= 0.6 is 0 Å². The van der Waals surface area contributed by atoms with Crippen LogP contribution in [0.15, 0.2) is 28.7 Å². The molecule has 1 aromatic heterocycles. The first kappa shape index (κ1) is 13.3. The Morgan fingerprint density at radius 1 is 1.26 bits per heavy atom. The molecule has 0 N–H and O–H groups in total. The van der Waals surface area contributed by atoms with Gasteiger partial charge in [-0.05, 0) is 31.0 Å². The van der Waals surface area contributed by atoms with Crippen molar-refractivity contribution in [3.63, 3.8) is 0 Å². The largest absolute Gasteiger partial charge is 0.497 e. The molecule has 19 heavy (non-hydrogen) atoms. The van der Waals surface area contributed by atoms with Gasteiger partial charge in [0.05, 0.1) is 12.8 Å². The Kier molecular flexibility index (Phi) is 4.34. The van der Waals surface area contributed by atoms with Crippen molar-refractivity contribution in [2.75, 3.05) is 7.11 Å². The molecule has 0 atom stereocenters. The standard InChI is InChI=1S/C15H17NO3/c1-11-14(9-10-17)16-15(19-11)8-5-12-3-6-13(18-2)7-4-12/h3-4,6-7,10H,5,8-9H2,1-2H3. The smallest absolute Gasteiger partial charge is 0.194 e. The van der Waals surface area contributed by atoms with Crippen LogP contribution in [0.4, 0.5) is 0 Å². The minimum Gasteiger partial charge on any atom is -0.497 e. The third kappa shape index (κ3) is 3.44. The molecule has 0 aliphatic rings. The Morgan fingerprint density at radius 3 is 2.63 bits per heavy atom. The van der Waals surface area contributed by atoms with Crippen molar-refractivity contribution >= 4 is 6.29 Å². The number of benzene rings is 1. The third-order valence-electron chi connectivity index (χ3n) is 3.00. The van der Waals surface area contributed by atoms with Gasteiger partial charge in [0.25, 0.3) is 0 Å². The molecule has 0 aliphatic heterocycles. The zero-order valence-electron chi connectivity index (χ0n) is 11.2. The Bertz CT molecular complexity index is 543. The summed E-state index contributed by atoms with van der Waals surface area (Å²) in [6.07, 6.45) is 2.74. The number of carbonyl (C=O) groups excluding carboxylic acids is 1. The fraction of sp³-hybridized carbons (Fsp3) is 0.333. The molecule has 0 saturated heterocycles. The minimum atomic E-state index is 0.317. The van der Waals surface area contributed by atoms with Gasteiger partial charge in [-0.15, -0.1) is 0 Å². The average molecular weight is 259 g/mol. The summed E-state index contributed by atoms with van der Waals surface area (Å²) < 4.78 is 10.7. The van der Waals surface area contributed by atoms with Gasteiger partial charge >= 0.3 is 0 Å². The number of hydrogen-bond acceptors (Lipinski definition) is 4. The molecule has 2 aromatic rings. The number of aldehydes is 1. The Labute approximate surface area is 112 Å². The van der Waals surface area contributed by atoms with Crippen LogP contribution in [0.5, 0.6) is 5.75 Å². The highest BCUT2D eigenvalue weighted by atomic mass is 16.5. The van der Waals surface area contributed by atoms with Crippen LogP contribution in [0.1, 0.15) is 22.9 Å². The van der Waals surface area contributed by atoms with Crippen molar-refractivity contribution in [3.05, 3.63) is 47.2 Å². The van der Waals surface area contributed by atoms with Crippen molar-refractivity contribution in [2.24, 2.45) is 0 Å². The molecule has 0 saturated carbocycles. The maximum Gasteiger partial charge on any atom is 0.194 e. The fourth-order valence-corrected chi connectivity index (χ4v) is 1.91. The van der Waals surface area contributed by atoms with Gasteiger partial charge in [0, 0.05) is 12.8 Å². The van der Waals surface area contributed by atoms with E-state index >= 15 is 0 Å². The van der Waals surface area contributed by atoms with E-state index in [4.69, 9.17) is 9.15 Å². The summed E-state index contributed by atoms with van der Waals surface area (Å²) in [5, 5.41) is 0. The first-order valence-electron chi connectivity index (χ1n) is 6.24. The molecule has 0 radical (unpaired) electrons. The van der Waals surface area contributed by atoms with E-state index in [0.29, 0.717) is 12.3 Å². The predicted octanol–water partition coefficient (Wildman–Crippen LogP) is 2.52. The zero-order chi connectivity index (χ0) is 13.7. The predicted molar refractivity (Wildman–Crippen MR) is 71.4 cm³/mol. The van der Waals surface area contributed by atoms with Crippen LogP contribution in [0.2, 0.25) is 0 Å². The summed E-state index contributed by atoms with van der Waals surface area (Å²) in [6, 6.07) is 7.93. The molecular weight excluding hydrogens is 242 g/mol. The van der Waals surface area contributed by atoms with Gasteiger partial charge in [-0.25, -0.2) is 4.98 Å². The summed E-state index contributed by atoms with van der Waals surface area (Å²) in [6.45, 7) is 1.84. The van der Waals surface area contributed by atoms with Crippen LogP contribution in [0.3, 0.4) is 0 Å². The molecule has 0 amide bonds. The minimum absolute atomic E-state index is 0.317. The number of rotatable bonds is 6. The SMILES string of the molecule is COc1ccc(CCc2nc(CC=O)c(C)o2)cc1. The van der Waals surface area contributed by atoms with Gasteiger partial charge in [0.2, 0.25) is 0 Å². The third-order valence-corrected chi connectivity index (χ3v) is 3.00. The number of oxazole rings is 1. The number of aryl methyl sites for hydroxylation is 3. The van der Waals surface area contributed by atoms with Crippen molar-refractivity contribution in [2.45, 2.75) is 26.2 Å². The van der Waals surface area contributed by atoms with E-state index in [0.717, 1.165) is 36.3 Å². The van der Waals surface area contributed by atoms with Crippen LogP contribution in [0, 0.1) is 6.92 Å². The quantitative estimate of drug-likeness (QED) is 0.748. The summed E-state index contributed by atoms with van der Waals surface area (Å²) in [4.78, 5) is 14.8. The number of aromatic nitrogens is 1. The molecule has 0 bridgehead atoms. The Hall–Kier alpha value is -2.10. The molecular formula is C15H17NO3. The van der Waals surface area contributed by atoms with Crippen LogP contribution < -0.4 is 4.74 Å². The number of hydrogen-bond donors (Lipinski definition) is 0. The van der Waals surface area contributed by atoms with Crippen LogP contribution in [-0.2, 0) is 24.1 Å². The van der Waals surface area contributed by atoms with Crippen LogP contribution in [-0.4, -0.2) is 18.4 Å². The molecule has 0 aliphatic carbocycles. The first-order chi connectivity index (χ1) is 9.22. The maximum absolute atomic E-state index is 10.5. The second-order valence-corrected chi connectivity index (χ2v) is 4.33. The number of methoxy groups -OCH3 is 1. The lowest BCUT2D eigenvalue weighted by Crippen LogP contribution is -1.93. The molecule has 100 valence electrons. The van der Waals surface area contributed by atoms with E-state index in [1.807, 2.05) is 31.2 Å². The van der Waals surface area contributed by atoms with E-state index in [2.05, 4.69) is 4.98 Å². The summed E-state index contributed by atoms with van der Waals surface area (Å²) >= 11 is 0. The fourth-order valence-electron chi connectivity index (χ4n) is 1.91. The van der Waals surface area contributed by atoms with E-state index in [-0.39, 0.29) is 0 Å². The lowest BCUT2D eigenvalue weighted by molar-refractivity contribution is -0.107. The van der Waals surface area contributed by atoms with Crippen molar-refractivity contribution in [1.82, 2.24) is 4.98 Å². The lowest BCUT2D eigenvalue weighted by atomic mass is 10.1. The average Bonchev–Trinajstić information content (AvgIpc) is 2.78. The second-order valence-electron chi connectivity index (χ2n) is 4.33. The Balaban J connectivity index is 1.97. The highest BCUT2D eigenvalue weighted by Gasteiger charge is 2.09. The van der Waals surface area contributed by atoms with Crippen molar-refractivity contribution in [1.29, 1.82) is 0 Å². The monoisotopic (exact) mass is 259 g/mol. The highest BCUT2D eigenvalue weighted by Crippen LogP contribution is 2.15. The number of ether oxygens (including phenoxy) is 1. The zero-order valence-corrected chi connectivity index (χ0v) is 11.2. The second kappa shape index (κ2) is 6.18. The van der Waals surface area contributed by atoms with E-state index in [1.165, 1.54) is 5.56 Å². The molecule has 0 spiro atoms. The molecule has 0 unspecified atom stereocenters. The number of carbonyl (C=O) groups is 1. The van der Waals surface area contributed by atoms with E-state index < -0.39 is 0 Å². The lowest BCUT2D eigenvalue weighted by Gasteiger charge is -2.01. The van der Waals surface area contributed by atoms with Crippen LogP contribution in [0.25, 0.3) is 0 Å². The van der Waals surface area contributed by atoms with Gasteiger partial charge in [-0.2, -0.15) is 0 Å². The Morgan fingerprint density at radius 2 is 2.00 bits per heavy atom. The molecule has 4 nitrogen and oxygen atoms in total. The van der Waals surface area contributed by atoms with Gasteiger partial charge in [0.15, 0.2) is 5.89 Å². The van der Waals surface area contributed by atoms with Crippen molar-refractivity contribution < 1.29 is 13.9 Å². The summed E-state index contributed by atoms with van der Waals surface area (Å²) in [5.74, 6) is 2.27. The van der Waals surface area contributed by atoms with Gasteiger partial charge in [0.1, 0.15) is 17.8 Å². The highest BCUT2D eigenvalue weighted by molar-refractivity contribution is 5.54. The van der Waals surface area contributed by atoms with Gasteiger partial charge < -0.3 is 13.9 Å². The first-order valence-corrected chi connectivity index (χ1v) is 6.24. The van der Waals surface area contributed by atoms with E-state index in [1.54, 1.807) is 7.11 Å². The summed E-state index contributed by atoms with van der Waals surface area (Å²) in [7, 11) is 1.65. The van der Waals surface area contributed by atoms with E-state index in [9.17, 15) is 4.79 Å². The molecule has 4 heteroatoms. The number of nitrogens with zero attached hydrogens (tertiary/aromatic N) is 1. The molecule has 0 fully saturated rings. The van der Waals surface area contributed by atoms with Gasteiger partial charge in [-0.1, -0.05) is 12.1 Å². The normalized spacial score (nSPS) is 10.4.